The first-order valence-corrected chi connectivity index (χ1v) is 6.02. The summed E-state index contributed by atoms with van der Waals surface area (Å²) < 4.78 is 2.68. The molecule has 1 unspecified atom stereocenters. The number of amides is 1. The quantitative estimate of drug-likeness (QED) is 0.848. The highest BCUT2D eigenvalue weighted by Crippen LogP contribution is 2.23. The van der Waals surface area contributed by atoms with Crippen LogP contribution in [0.15, 0.2) is 16.7 Å². The lowest BCUT2D eigenvalue weighted by Crippen LogP contribution is -2.34. The molecule has 1 aliphatic rings. The fourth-order valence-corrected chi connectivity index (χ4v) is 2.54. The van der Waals surface area contributed by atoms with Crippen molar-refractivity contribution in [1.82, 2.24) is 9.47 Å². The zero-order valence-electron chi connectivity index (χ0n) is 9.40. The maximum atomic E-state index is 12.1. The van der Waals surface area contributed by atoms with Crippen molar-refractivity contribution in [2.24, 2.45) is 7.05 Å². The van der Waals surface area contributed by atoms with Crippen LogP contribution in [0.25, 0.3) is 0 Å². The summed E-state index contributed by atoms with van der Waals surface area (Å²) in [5, 5.41) is 9.83. The fourth-order valence-electron chi connectivity index (χ4n) is 2.02. The van der Waals surface area contributed by atoms with Gasteiger partial charge in [0, 0.05) is 30.8 Å². The molecule has 0 saturated carbocycles. The van der Waals surface area contributed by atoms with Crippen LogP contribution in [0.3, 0.4) is 0 Å². The normalized spacial score (nSPS) is 25.1. The molecule has 5 heteroatoms. The minimum absolute atomic E-state index is 0.0222. The van der Waals surface area contributed by atoms with Crippen LogP contribution in [-0.2, 0) is 7.05 Å². The third kappa shape index (κ3) is 2.15. The summed E-state index contributed by atoms with van der Waals surface area (Å²) >= 11 is 3.34. The number of hydrogen-bond donors (Lipinski definition) is 1. The van der Waals surface area contributed by atoms with Gasteiger partial charge < -0.3 is 14.6 Å². The van der Waals surface area contributed by atoms with Crippen molar-refractivity contribution in [2.75, 3.05) is 13.1 Å². The monoisotopic (exact) mass is 286 g/mol. The van der Waals surface area contributed by atoms with Gasteiger partial charge in [-0.1, -0.05) is 0 Å². The second kappa shape index (κ2) is 3.89. The Balaban J connectivity index is 2.18. The summed E-state index contributed by atoms with van der Waals surface area (Å²) in [7, 11) is 1.84. The van der Waals surface area contributed by atoms with Crippen LogP contribution in [-0.4, -0.2) is 39.2 Å². The molecule has 2 rings (SSSR count). The molecule has 0 aliphatic carbocycles. The SMILES string of the molecule is Cn1cc(Br)cc1C(=O)N1CCC(C)(O)C1. The van der Waals surface area contributed by atoms with Gasteiger partial charge in [-0.25, -0.2) is 0 Å². The first-order valence-electron chi connectivity index (χ1n) is 5.22. The van der Waals surface area contributed by atoms with E-state index in [1.165, 1.54) is 0 Å². The Hall–Kier alpha value is -0.810. The fraction of sp³-hybridized carbons (Fsp3) is 0.545. The van der Waals surface area contributed by atoms with E-state index in [0.717, 1.165) is 4.47 Å². The first kappa shape index (κ1) is 11.7. The Morgan fingerprint density at radius 2 is 2.31 bits per heavy atom. The third-order valence-corrected chi connectivity index (χ3v) is 3.36. The Labute approximate surface area is 103 Å². The van der Waals surface area contributed by atoms with Gasteiger partial charge in [0.15, 0.2) is 0 Å². The highest BCUT2D eigenvalue weighted by molar-refractivity contribution is 9.10. The Morgan fingerprint density at radius 1 is 1.62 bits per heavy atom. The average Bonchev–Trinajstić information content (AvgIpc) is 2.68. The van der Waals surface area contributed by atoms with Gasteiger partial charge in [-0.15, -0.1) is 0 Å². The van der Waals surface area contributed by atoms with Crippen LogP contribution in [0.4, 0.5) is 0 Å². The largest absolute Gasteiger partial charge is 0.388 e. The maximum absolute atomic E-state index is 12.1. The molecule has 1 amide bonds. The summed E-state index contributed by atoms with van der Waals surface area (Å²) in [5.41, 5.74) is -0.0949. The van der Waals surface area contributed by atoms with E-state index in [0.29, 0.717) is 25.2 Å². The Bertz CT molecular complexity index is 426. The zero-order valence-corrected chi connectivity index (χ0v) is 11.0. The maximum Gasteiger partial charge on any atom is 0.270 e. The average molecular weight is 287 g/mol. The second-order valence-corrected chi connectivity index (χ2v) is 5.54. The molecule has 1 N–H and O–H groups in total. The first-order chi connectivity index (χ1) is 7.39. The number of rotatable bonds is 1. The van der Waals surface area contributed by atoms with E-state index in [2.05, 4.69) is 15.9 Å². The predicted molar refractivity (Wildman–Crippen MR) is 64.3 cm³/mol. The van der Waals surface area contributed by atoms with Crippen molar-refractivity contribution >= 4 is 21.8 Å². The van der Waals surface area contributed by atoms with Crippen LogP contribution in [0, 0.1) is 0 Å². The number of carbonyl (C=O) groups is 1. The van der Waals surface area contributed by atoms with Crippen molar-refractivity contribution in [2.45, 2.75) is 18.9 Å². The van der Waals surface area contributed by atoms with E-state index in [9.17, 15) is 9.90 Å². The molecule has 1 saturated heterocycles. The molecule has 16 heavy (non-hydrogen) atoms. The minimum Gasteiger partial charge on any atom is -0.388 e. The highest BCUT2D eigenvalue weighted by Gasteiger charge is 2.34. The van der Waals surface area contributed by atoms with Gasteiger partial charge in [-0.3, -0.25) is 4.79 Å². The van der Waals surface area contributed by atoms with E-state index >= 15 is 0 Å². The summed E-state index contributed by atoms with van der Waals surface area (Å²) in [6.45, 7) is 2.80. The van der Waals surface area contributed by atoms with Crippen LogP contribution in [0.2, 0.25) is 0 Å². The van der Waals surface area contributed by atoms with Crippen molar-refractivity contribution in [3.8, 4) is 0 Å². The number of halogens is 1. The van der Waals surface area contributed by atoms with Crippen LogP contribution in [0.5, 0.6) is 0 Å². The Morgan fingerprint density at radius 3 is 2.75 bits per heavy atom. The molecule has 1 aliphatic heterocycles. The molecule has 1 aromatic rings. The number of aryl methyl sites for hydroxylation is 1. The summed E-state index contributed by atoms with van der Waals surface area (Å²) in [6.07, 6.45) is 2.49. The van der Waals surface area contributed by atoms with Crippen molar-refractivity contribution in [1.29, 1.82) is 0 Å². The van der Waals surface area contributed by atoms with Crippen LogP contribution < -0.4 is 0 Å². The molecule has 1 aromatic heterocycles. The number of aliphatic hydroxyl groups is 1. The van der Waals surface area contributed by atoms with Gasteiger partial charge in [0.25, 0.3) is 5.91 Å². The molecular formula is C11H15BrN2O2. The lowest BCUT2D eigenvalue weighted by Gasteiger charge is -2.19. The van der Waals surface area contributed by atoms with Gasteiger partial charge in [-0.2, -0.15) is 0 Å². The second-order valence-electron chi connectivity index (χ2n) is 4.63. The van der Waals surface area contributed by atoms with Gasteiger partial charge in [0.2, 0.25) is 0 Å². The van der Waals surface area contributed by atoms with E-state index in [4.69, 9.17) is 0 Å². The summed E-state index contributed by atoms with van der Waals surface area (Å²) in [6, 6.07) is 1.80. The lowest BCUT2D eigenvalue weighted by atomic mass is 10.1. The van der Waals surface area contributed by atoms with E-state index in [1.54, 1.807) is 22.5 Å². The molecule has 1 atom stereocenters. The minimum atomic E-state index is -0.738. The van der Waals surface area contributed by atoms with Crippen LogP contribution in [0.1, 0.15) is 23.8 Å². The van der Waals surface area contributed by atoms with Crippen LogP contribution >= 0.6 is 15.9 Å². The van der Waals surface area contributed by atoms with Gasteiger partial charge in [-0.05, 0) is 35.3 Å². The van der Waals surface area contributed by atoms with Crippen molar-refractivity contribution < 1.29 is 9.90 Å². The number of likely N-dealkylation sites (tertiary alicyclic amines) is 1. The van der Waals surface area contributed by atoms with E-state index in [-0.39, 0.29) is 5.91 Å². The third-order valence-electron chi connectivity index (χ3n) is 2.93. The molecule has 0 aromatic carbocycles. The highest BCUT2D eigenvalue weighted by atomic mass is 79.9. The molecule has 0 spiro atoms. The smallest absolute Gasteiger partial charge is 0.270 e. The molecule has 4 nitrogen and oxygen atoms in total. The van der Waals surface area contributed by atoms with Gasteiger partial charge in [0.1, 0.15) is 5.69 Å². The number of β-amino-alcohol motifs (C(OH)–C–C–N with tert-alkyl or cyclic N) is 1. The summed E-state index contributed by atoms with van der Waals surface area (Å²) in [5.74, 6) is -0.0222. The van der Waals surface area contributed by atoms with Crippen molar-refractivity contribution in [3.63, 3.8) is 0 Å². The number of aromatic nitrogens is 1. The zero-order chi connectivity index (χ0) is 11.9. The molecular weight excluding hydrogens is 272 g/mol. The Kier molecular flexibility index (Phi) is 2.84. The molecule has 2 heterocycles. The number of nitrogens with zero attached hydrogens (tertiary/aromatic N) is 2. The number of carbonyl (C=O) groups excluding carboxylic acids is 1. The topological polar surface area (TPSA) is 45.5 Å². The molecule has 88 valence electrons. The lowest BCUT2D eigenvalue weighted by molar-refractivity contribution is 0.0567. The standard InChI is InChI=1S/C11H15BrN2O2/c1-11(16)3-4-14(7-11)10(15)9-5-8(12)6-13(9)2/h5-6,16H,3-4,7H2,1-2H3. The van der Waals surface area contributed by atoms with E-state index < -0.39 is 5.60 Å². The van der Waals surface area contributed by atoms with Crippen molar-refractivity contribution in [3.05, 3.63) is 22.4 Å². The predicted octanol–water partition coefficient (Wildman–Crippen LogP) is 1.38. The van der Waals surface area contributed by atoms with E-state index in [1.807, 2.05) is 13.2 Å². The summed E-state index contributed by atoms with van der Waals surface area (Å²) in [4.78, 5) is 13.8. The van der Waals surface area contributed by atoms with Gasteiger partial charge in [0.05, 0.1) is 5.60 Å². The molecule has 1 fully saturated rings. The molecule has 0 bridgehead atoms. The van der Waals surface area contributed by atoms with Gasteiger partial charge >= 0.3 is 0 Å². The molecule has 0 radical (unpaired) electrons. The number of hydrogen-bond acceptors (Lipinski definition) is 2.